The number of hydrogen-bond donors (Lipinski definition) is 0. The van der Waals surface area contributed by atoms with E-state index in [4.69, 9.17) is 9.15 Å². The number of amides is 1. The van der Waals surface area contributed by atoms with Gasteiger partial charge in [0.05, 0.1) is 19.2 Å². The second-order valence-electron chi connectivity index (χ2n) is 7.67. The van der Waals surface area contributed by atoms with E-state index in [9.17, 15) is 9.59 Å². The Balaban J connectivity index is 1.65. The van der Waals surface area contributed by atoms with Gasteiger partial charge in [-0.15, -0.1) is 0 Å². The van der Waals surface area contributed by atoms with E-state index in [1.54, 1.807) is 18.0 Å². The molecule has 31 heavy (non-hydrogen) atoms. The zero-order valence-electron chi connectivity index (χ0n) is 18.2. The van der Waals surface area contributed by atoms with Crippen LogP contribution in [0.25, 0.3) is 11.3 Å². The lowest BCUT2D eigenvalue weighted by molar-refractivity contribution is -0.146. The normalized spacial score (nSPS) is 11.7. The lowest BCUT2D eigenvalue weighted by Gasteiger charge is -2.25. The molecule has 2 aromatic carbocycles. The molecule has 0 saturated heterocycles. The van der Waals surface area contributed by atoms with Gasteiger partial charge in [-0.25, -0.2) is 4.98 Å². The van der Waals surface area contributed by atoms with Crippen LogP contribution in [0.3, 0.4) is 0 Å². The number of aromatic nitrogens is 1. The molecule has 1 heterocycles. The number of esters is 1. The number of aryl methyl sites for hydroxylation is 2. The van der Waals surface area contributed by atoms with Gasteiger partial charge in [0.2, 0.25) is 5.91 Å². The molecule has 0 aliphatic rings. The molecule has 6 heteroatoms. The number of ether oxygens (including phenoxy) is 1. The fourth-order valence-corrected chi connectivity index (χ4v) is 3.31. The summed E-state index contributed by atoms with van der Waals surface area (Å²) in [4.78, 5) is 30.9. The zero-order valence-corrected chi connectivity index (χ0v) is 18.2. The van der Waals surface area contributed by atoms with Crippen LogP contribution < -0.4 is 0 Å². The molecular formula is C25H28N2O4. The lowest BCUT2D eigenvalue weighted by atomic mass is 10.1. The highest BCUT2D eigenvalue weighted by Crippen LogP contribution is 2.21. The Labute approximate surface area is 182 Å². The van der Waals surface area contributed by atoms with E-state index in [2.05, 4.69) is 4.98 Å². The van der Waals surface area contributed by atoms with Gasteiger partial charge in [0, 0.05) is 31.5 Å². The molecule has 0 fully saturated rings. The molecule has 0 spiro atoms. The number of oxazole rings is 1. The zero-order chi connectivity index (χ0) is 22.2. The van der Waals surface area contributed by atoms with E-state index in [1.807, 2.05) is 61.5 Å². The van der Waals surface area contributed by atoms with Crippen LogP contribution >= 0.6 is 0 Å². The van der Waals surface area contributed by atoms with Gasteiger partial charge in [0.15, 0.2) is 11.7 Å². The summed E-state index contributed by atoms with van der Waals surface area (Å²) in [5, 5.41) is 0. The van der Waals surface area contributed by atoms with Crippen molar-refractivity contribution in [1.82, 2.24) is 9.88 Å². The summed E-state index contributed by atoms with van der Waals surface area (Å²) in [5.74, 6) is 0.399. The third-order valence-electron chi connectivity index (χ3n) is 5.11. The molecule has 0 saturated carbocycles. The molecule has 1 aromatic heterocycles. The van der Waals surface area contributed by atoms with Crippen molar-refractivity contribution >= 4 is 11.9 Å². The van der Waals surface area contributed by atoms with E-state index in [0.717, 1.165) is 11.1 Å². The molecule has 0 bridgehead atoms. The summed E-state index contributed by atoms with van der Waals surface area (Å²) in [6.45, 7) is 4.52. The number of hydrogen-bond acceptors (Lipinski definition) is 5. The SMILES string of the molecule is COC(=O)C(C)CN(Cc1ccccc1)C(=O)CCc1ncc(-c2ccc(C)cc2)o1. The monoisotopic (exact) mass is 420 g/mol. The number of nitrogens with zero attached hydrogens (tertiary/aromatic N) is 2. The van der Waals surface area contributed by atoms with Gasteiger partial charge < -0.3 is 14.1 Å². The molecule has 3 aromatic rings. The van der Waals surface area contributed by atoms with Gasteiger partial charge in [0.25, 0.3) is 0 Å². The first-order valence-corrected chi connectivity index (χ1v) is 10.4. The number of carbonyl (C=O) groups is 2. The average molecular weight is 421 g/mol. The molecule has 1 atom stereocenters. The van der Waals surface area contributed by atoms with Crippen LogP contribution in [0.4, 0.5) is 0 Å². The maximum atomic E-state index is 13.0. The van der Waals surface area contributed by atoms with E-state index in [-0.39, 0.29) is 18.3 Å². The van der Waals surface area contributed by atoms with Crippen molar-refractivity contribution in [2.24, 2.45) is 5.92 Å². The minimum Gasteiger partial charge on any atom is -0.469 e. The summed E-state index contributed by atoms with van der Waals surface area (Å²) >= 11 is 0. The summed E-state index contributed by atoms with van der Waals surface area (Å²) in [5.41, 5.74) is 3.13. The molecule has 0 aliphatic carbocycles. The van der Waals surface area contributed by atoms with Crippen molar-refractivity contribution in [3.05, 3.63) is 77.8 Å². The molecule has 6 nitrogen and oxygen atoms in total. The Bertz CT molecular complexity index is 996. The van der Waals surface area contributed by atoms with Crippen molar-refractivity contribution < 1.29 is 18.7 Å². The van der Waals surface area contributed by atoms with Crippen molar-refractivity contribution in [1.29, 1.82) is 0 Å². The third-order valence-corrected chi connectivity index (χ3v) is 5.11. The summed E-state index contributed by atoms with van der Waals surface area (Å²) in [7, 11) is 1.36. The fraction of sp³-hybridized carbons (Fsp3) is 0.320. The Morgan fingerprint density at radius 3 is 2.48 bits per heavy atom. The van der Waals surface area contributed by atoms with Crippen LogP contribution in [0.5, 0.6) is 0 Å². The fourth-order valence-electron chi connectivity index (χ4n) is 3.31. The first kappa shape index (κ1) is 22.3. The third kappa shape index (κ3) is 6.28. The van der Waals surface area contributed by atoms with E-state index in [1.165, 1.54) is 12.7 Å². The van der Waals surface area contributed by atoms with Crippen LogP contribution in [-0.4, -0.2) is 35.4 Å². The minimum atomic E-state index is -0.410. The molecule has 0 aliphatic heterocycles. The molecular weight excluding hydrogens is 392 g/mol. The Morgan fingerprint density at radius 2 is 1.81 bits per heavy atom. The lowest BCUT2D eigenvalue weighted by Crippen LogP contribution is -2.37. The number of rotatable bonds is 9. The predicted molar refractivity (Wildman–Crippen MR) is 118 cm³/mol. The van der Waals surface area contributed by atoms with Gasteiger partial charge in [0.1, 0.15) is 0 Å². The van der Waals surface area contributed by atoms with E-state index >= 15 is 0 Å². The van der Waals surface area contributed by atoms with Crippen LogP contribution in [0.2, 0.25) is 0 Å². The second kappa shape index (κ2) is 10.6. The first-order valence-electron chi connectivity index (χ1n) is 10.4. The standard InChI is InChI=1S/C25H28N2O4/c1-18-9-11-21(12-10-18)22-15-26-23(31-22)13-14-24(28)27(16-19(2)25(29)30-3)17-20-7-5-4-6-8-20/h4-12,15,19H,13-14,16-17H2,1-3H3. The van der Waals surface area contributed by atoms with Gasteiger partial charge >= 0.3 is 5.97 Å². The second-order valence-corrected chi connectivity index (χ2v) is 7.67. The predicted octanol–water partition coefficient (Wildman–Crippen LogP) is 4.42. The van der Waals surface area contributed by atoms with Crippen molar-refractivity contribution in [3.63, 3.8) is 0 Å². The minimum absolute atomic E-state index is 0.0605. The van der Waals surface area contributed by atoms with Crippen molar-refractivity contribution in [2.45, 2.75) is 33.2 Å². The highest BCUT2D eigenvalue weighted by molar-refractivity contribution is 5.78. The molecule has 0 N–H and O–H groups in total. The average Bonchev–Trinajstić information content (AvgIpc) is 3.26. The Morgan fingerprint density at radius 1 is 1.10 bits per heavy atom. The largest absolute Gasteiger partial charge is 0.469 e. The maximum Gasteiger partial charge on any atom is 0.310 e. The van der Waals surface area contributed by atoms with Crippen LogP contribution in [0.1, 0.15) is 30.4 Å². The smallest absolute Gasteiger partial charge is 0.310 e. The maximum absolute atomic E-state index is 13.0. The quantitative estimate of drug-likeness (QED) is 0.479. The molecule has 1 unspecified atom stereocenters. The van der Waals surface area contributed by atoms with Crippen molar-refractivity contribution in [3.8, 4) is 11.3 Å². The number of carbonyl (C=O) groups excluding carboxylic acids is 2. The van der Waals surface area contributed by atoms with Crippen LogP contribution in [0.15, 0.2) is 65.2 Å². The van der Waals surface area contributed by atoms with Gasteiger partial charge in [-0.2, -0.15) is 0 Å². The Kier molecular flexibility index (Phi) is 7.60. The van der Waals surface area contributed by atoms with Gasteiger partial charge in [-0.1, -0.05) is 67.1 Å². The summed E-state index contributed by atoms with van der Waals surface area (Å²) < 4.78 is 10.7. The molecule has 162 valence electrons. The highest BCUT2D eigenvalue weighted by Gasteiger charge is 2.22. The van der Waals surface area contributed by atoms with Crippen LogP contribution in [0, 0.1) is 12.8 Å². The number of benzene rings is 2. The number of methoxy groups -OCH3 is 1. The van der Waals surface area contributed by atoms with Crippen molar-refractivity contribution in [2.75, 3.05) is 13.7 Å². The molecule has 1 amide bonds. The van der Waals surface area contributed by atoms with E-state index < -0.39 is 5.92 Å². The van der Waals surface area contributed by atoms with Crippen LogP contribution in [-0.2, 0) is 27.3 Å². The summed E-state index contributed by atoms with van der Waals surface area (Å²) in [6, 6.07) is 17.7. The topological polar surface area (TPSA) is 72.6 Å². The first-order chi connectivity index (χ1) is 15.0. The van der Waals surface area contributed by atoms with Gasteiger partial charge in [-0.05, 0) is 12.5 Å². The Hall–Kier alpha value is -3.41. The highest BCUT2D eigenvalue weighted by atomic mass is 16.5. The molecule has 3 rings (SSSR count). The van der Waals surface area contributed by atoms with Gasteiger partial charge in [-0.3, -0.25) is 9.59 Å². The summed E-state index contributed by atoms with van der Waals surface area (Å²) in [6.07, 6.45) is 2.32. The molecule has 0 radical (unpaired) electrons. The van der Waals surface area contributed by atoms with E-state index in [0.29, 0.717) is 31.2 Å².